The van der Waals surface area contributed by atoms with Crippen LogP contribution < -0.4 is 10.5 Å². The van der Waals surface area contributed by atoms with Crippen molar-refractivity contribution in [3.05, 3.63) is 0 Å². The van der Waals surface area contributed by atoms with Crippen LogP contribution in [0.3, 0.4) is 0 Å². The van der Waals surface area contributed by atoms with Crippen LogP contribution in [0.2, 0.25) is 0 Å². The highest BCUT2D eigenvalue weighted by Gasteiger charge is 2.13. The summed E-state index contributed by atoms with van der Waals surface area (Å²) < 4.78 is 0. The van der Waals surface area contributed by atoms with Gasteiger partial charge in [-0.2, -0.15) is 0 Å². The Balaban J connectivity index is 3.70. The summed E-state index contributed by atoms with van der Waals surface area (Å²) in [6.45, 7) is 7.59. The third-order valence-electron chi connectivity index (χ3n) is 2.55. The molecule has 0 saturated heterocycles. The fourth-order valence-corrected chi connectivity index (χ4v) is 0.834. The number of hydrogen-bond acceptors (Lipinski definition) is 2. The smallest absolute Gasteiger partial charge is 0.382 e. The van der Waals surface area contributed by atoms with Crippen LogP contribution in [0.25, 0.3) is 0 Å². The molecular weight excluding hydrogens is 191 g/mol. The third-order valence-corrected chi connectivity index (χ3v) is 2.55. The molecule has 5 heteroatoms. The molecule has 2 atom stereocenters. The van der Waals surface area contributed by atoms with Crippen LogP contribution in [-0.4, -0.2) is 19.4 Å². The molecule has 0 spiro atoms. The largest absolute Gasteiger partial charge is 0.390 e. The molecule has 1 radical (unpaired) electrons. The van der Waals surface area contributed by atoms with E-state index in [-0.39, 0.29) is 23.7 Å². The molecule has 0 aromatic heterocycles. The van der Waals surface area contributed by atoms with Crippen LogP contribution >= 0.6 is 0 Å². The second-order valence-electron chi connectivity index (χ2n) is 3.78. The lowest BCUT2D eigenvalue weighted by atomic mass is 10.0. The van der Waals surface area contributed by atoms with Crippen LogP contribution in [0.1, 0.15) is 40.5 Å². The lowest BCUT2D eigenvalue weighted by Gasteiger charge is -2.11. The van der Waals surface area contributed by atoms with Gasteiger partial charge in [0.1, 0.15) is 0 Å². The zero-order valence-electron chi connectivity index (χ0n) is 9.96. The van der Waals surface area contributed by atoms with E-state index in [4.69, 9.17) is 0 Å². The van der Waals surface area contributed by atoms with Gasteiger partial charge in [-0.05, 0) is 12.8 Å². The molecule has 0 aromatic rings. The van der Waals surface area contributed by atoms with Gasteiger partial charge in [0.25, 0.3) is 0 Å². The summed E-state index contributed by atoms with van der Waals surface area (Å²) in [6, 6.07) is 0. The second kappa shape index (κ2) is 7.32. The molecule has 0 fully saturated rings. The molecule has 4 nitrogen and oxygen atoms in total. The maximum Gasteiger partial charge on any atom is 0.390 e. The Kier molecular flexibility index (Phi) is 6.83. The van der Waals surface area contributed by atoms with Crippen LogP contribution in [0.4, 0.5) is 0 Å². The van der Waals surface area contributed by atoms with Crippen molar-refractivity contribution in [3.63, 3.8) is 0 Å². The Bertz CT molecular complexity index is 199. The Labute approximate surface area is 92.5 Å². The van der Waals surface area contributed by atoms with E-state index in [1.165, 1.54) is 7.55 Å². The number of amides is 2. The number of rotatable bonds is 6. The molecule has 0 bridgehead atoms. The minimum Gasteiger partial charge on any atom is -0.382 e. The Morgan fingerprint density at radius 2 is 1.33 bits per heavy atom. The first-order chi connectivity index (χ1) is 7.02. The van der Waals surface area contributed by atoms with E-state index in [2.05, 4.69) is 10.5 Å². The first kappa shape index (κ1) is 14.0. The van der Waals surface area contributed by atoms with Crippen LogP contribution in [-0.2, 0) is 9.59 Å². The maximum absolute atomic E-state index is 11.3. The summed E-state index contributed by atoms with van der Waals surface area (Å²) in [5.41, 5.74) is 0. The van der Waals surface area contributed by atoms with Gasteiger partial charge in [0.2, 0.25) is 11.8 Å². The first-order valence-corrected chi connectivity index (χ1v) is 5.45. The van der Waals surface area contributed by atoms with Crippen molar-refractivity contribution in [3.8, 4) is 0 Å². The van der Waals surface area contributed by atoms with Gasteiger partial charge in [-0.25, -0.2) is 0 Å². The SMILES string of the molecule is CCC(C)C(=O)N[B]NC(=O)C(C)CC. The van der Waals surface area contributed by atoms with Gasteiger partial charge in [0.05, 0.1) is 0 Å². The summed E-state index contributed by atoms with van der Waals surface area (Å²) in [7, 11) is 1.32. The zero-order valence-corrected chi connectivity index (χ0v) is 9.96. The molecule has 0 aromatic carbocycles. The van der Waals surface area contributed by atoms with E-state index < -0.39 is 0 Å². The van der Waals surface area contributed by atoms with Crippen molar-refractivity contribution < 1.29 is 9.59 Å². The fraction of sp³-hybridized carbons (Fsp3) is 0.800. The summed E-state index contributed by atoms with van der Waals surface area (Å²) in [5, 5.41) is 5.09. The van der Waals surface area contributed by atoms with Crippen molar-refractivity contribution in [2.75, 3.05) is 0 Å². The average molecular weight is 211 g/mol. The Morgan fingerprint density at radius 3 is 1.60 bits per heavy atom. The van der Waals surface area contributed by atoms with E-state index in [1.54, 1.807) is 0 Å². The molecule has 2 amide bonds. The Hall–Kier alpha value is -0.995. The second-order valence-corrected chi connectivity index (χ2v) is 3.78. The van der Waals surface area contributed by atoms with Gasteiger partial charge in [-0.3, -0.25) is 9.59 Å². The molecule has 2 N–H and O–H groups in total. The Morgan fingerprint density at radius 1 is 1.00 bits per heavy atom. The van der Waals surface area contributed by atoms with Gasteiger partial charge in [0.15, 0.2) is 0 Å². The predicted octanol–water partition coefficient (Wildman–Crippen LogP) is 0.845. The quantitative estimate of drug-likeness (QED) is 0.639. The maximum atomic E-state index is 11.3. The third kappa shape index (κ3) is 5.45. The molecule has 15 heavy (non-hydrogen) atoms. The molecule has 0 saturated carbocycles. The summed E-state index contributed by atoms with van der Waals surface area (Å²) >= 11 is 0. The molecule has 0 rings (SSSR count). The van der Waals surface area contributed by atoms with Crippen LogP contribution in [0, 0.1) is 11.8 Å². The van der Waals surface area contributed by atoms with E-state index >= 15 is 0 Å². The van der Waals surface area contributed by atoms with Crippen LogP contribution in [0.15, 0.2) is 0 Å². The molecule has 0 heterocycles. The zero-order chi connectivity index (χ0) is 11.8. The molecule has 85 valence electrons. The average Bonchev–Trinajstić information content (AvgIpc) is 2.26. The normalized spacial score (nSPS) is 13.9. The van der Waals surface area contributed by atoms with Gasteiger partial charge >= 0.3 is 7.55 Å². The number of nitrogens with one attached hydrogen (secondary N) is 2. The molecule has 0 aliphatic heterocycles. The summed E-state index contributed by atoms with van der Waals surface area (Å²) in [6.07, 6.45) is 1.58. The van der Waals surface area contributed by atoms with Crippen molar-refractivity contribution in [1.29, 1.82) is 0 Å². The van der Waals surface area contributed by atoms with Crippen molar-refractivity contribution in [2.24, 2.45) is 11.8 Å². The number of hydrogen-bond donors (Lipinski definition) is 2. The number of carbonyl (C=O) groups excluding carboxylic acids is 2. The van der Waals surface area contributed by atoms with E-state index in [0.717, 1.165) is 12.8 Å². The summed E-state index contributed by atoms with van der Waals surface area (Å²) in [5.74, 6) is -0.188. The number of carbonyl (C=O) groups is 2. The van der Waals surface area contributed by atoms with Crippen molar-refractivity contribution in [1.82, 2.24) is 10.5 Å². The highest BCUT2D eigenvalue weighted by Crippen LogP contribution is 1.99. The highest BCUT2D eigenvalue weighted by molar-refractivity contribution is 6.38. The fourth-order valence-electron chi connectivity index (χ4n) is 0.834. The van der Waals surface area contributed by atoms with E-state index in [0.29, 0.717) is 0 Å². The van der Waals surface area contributed by atoms with Crippen LogP contribution in [0.5, 0.6) is 0 Å². The lowest BCUT2D eigenvalue weighted by molar-refractivity contribution is -0.123. The minimum absolute atomic E-state index is 0.0262. The molecule has 0 aliphatic carbocycles. The van der Waals surface area contributed by atoms with Gasteiger partial charge < -0.3 is 10.5 Å². The minimum atomic E-state index is -0.0676. The highest BCUT2D eigenvalue weighted by atomic mass is 16.2. The van der Waals surface area contributed by atoms with Gasteiger partial charge in [-0.1, -0.05) is 27.7 Å². The molecular formula is C10H20BN2O2. The van der Waals surface area contributed by atoms with Gasteiger partial charge in [-0.15, -0.1) is 0 Å². The first-order valence-electron chi connectivity index (χ1n) is 5.45. The summed E-state index contributed by atoms with van der Waals surface area (Å²) in [4.78, 5) is 22.6. The topological polar surface area (TPSA) is 58.2 Å². The standard InChI is InChI=1S/C10H20BN2O2/c1-5-7(3)9(14)12-11-13-10(15)8(4)6-2/h7-8H,5-6H2,1-4H3,(H,12,14)(H,13,15). The van der Waals surface area contributed by atoms with Crippen molar-refractivity contribution >= 4 is 19.4 Å². The molecule has 2 unspecified atom stereocenters. The molecule has 0 aliphatic rings. The van der Waals surface area contributed by atoms with E-state index in [1.807, 2.05) is 27.7 Å². The lowest BCUT2D eigenvalue weighted by Crippen LogP contribution is -2.44. The predicted molar refractivity (Wildman–Crippen MR) is 60.9 cm³/mol. The van der Waals surface area contributed by atoms with E-state index in [9.17, 15) is 9.59 Å². The van der Waals surface area contributed by atoms with Crippen molar-refractivity contribution in [2.45, 2.75) is 40.5 Å². The van der Waals surface area contributed by atoms with Gasteiger partial charge in [0, 0.05) is 11.8 Å². The monoisotopic (exact) mass is 211 g/mol.